The second kappa shape index (κ2) is 5.76. The number of aliphatic hydroxyl groups is 1. The number of hydrogen-bond donors (Lipinski definition) is 2. The van der Waals surface area contributed by atoms with Gasteiger partial charge in [0.2, 0.25) is 0 Å². The fourth-order valence-corrected chi connectivity index (χ4v) is 3.81. The summed E-state index contributed by atoms with van der Waals surface area (Å²) in [6.45, 7) is 6.86. The molecule has 6 heteroatoms. The van der Waals surface area contributed by atoms with Gasteiger partial charge in [-0.25, -0.2) is 9.97 Å². The number of aryl methyl sites for hydroxylation is 2. The molecule has 22 heavy (non-hydrogen) atoms. The lowest BCUT2D eigenvalue weighted by Gasteiger charge is -2.26. The SMILES string of the molecule is Cc1sc2nc(C(C)N(C)CC(O)C3CC3)nc(N)c2c1C. The van der Waals surface area contributed by atoms with Crippen molar-refractivity contribution in [1.29, 1.82) is 0 Å². The van der Waals surface area contributed by atoms with Crippen molar-refractivity contribution >= 4 is 27.4 Å². The molecule has 1 fully saturated rings. The Morgan fingerprint density at radius 1 is 1.36 bits per heavy atom. The van der Waals surface area contributed by atoms with E-state index >= 15 is 0 Å². The first-order chi connectivity index (χ1) is 10.4. The van der Waals surface area contributed by atoms with E-state index in [0.29, 0.717) is 18.3 Å². The van der Waals surface area contributed by atoms with E-state index in [0.717, 1.165) is 28.9 Å². The van der Waals surface area contributed by atoms with Crippen LogP contribution in [0.5, 0.6) is 0 Å². The smallest absolute Gasteiger partial charge is 0.149 e. The third-order valence-electron chi connectivity index (χ3n) is 4.75. The summed E-state index contributed by atoms with van der Waals surface area (Å²) in [4.78, 5) is 13.5. The summed E-state index contributed by atoms with van der Waals surface area (Å²) in [6.07, 6.45) is 2.04. The molecule has 5 nitrogen and oxygen atoms in total. The first-order valence-corrected chi connectivity index (χ1v) is 8.61. The first kappa shape index (κ1) is 15.6. The van der Waals surface area contributed by atoms with Crippen LogP contribution in [0.1, 0.15) is 42.1 Å². The van der Waals surface area contributed by atoms with E-state index in [1.54, 1.807) is 11.3 Å². The van der Waals surface area contributed by atoms with Gasteiger partial charge in [-0.15, -0.1) is 11.3 Å². The number of aromatic nitrogens is 2. The lowest BCUT2D eigenvalue weighted by Crippen LogP contribution is -2.33. The Labute approximate surface area is 135 Å². The molecule has 0 aromatic carbocycles. The van der Waals surface area contributed by atoms with Crippen LogP contribution in [0.25, 0.3) is 10.2 Å². The average Bonchev–Trinajstić information content (AvgIpc) is 3.26. The van der Waals surface area contributed by atoms with Crippen molar-refractivity contribution < 1.29 is 5.11 Å². The predicted octanol–water partition coefficient (Wildman–Crippen LogP) is 2.65. The first-order valence-electron chi connectivity index (χ1n) is 7.80. The van der Waals surface area contributed by atoms with Gasteiger partial charge >= 0.3 is 0 Å². The van der Waals surface area contributed by atoms with Crippen molar-refractivity contribution in [3.8, 4) is 0 Å². The van der Waals surface area contributed by atoms with Crippen molar-refractivity contribution in [2.75, 3.05) is 19.3 Å². The minimum absolute atomic E-state index is 0.0304. The molecule has 1 saturated carbocycles. The molecule has 0 aliphatic heterocycles. The molecule has 2 unspecified atom stereocenters. The zero-order chi connectivity index (χ0) is 16.0. The van der Waals surface area contributed by atoms with E-state index in [1.165, 1.54) is 10.4 Å². The molecular weight excluding hydrogens is 296 g/mol. The van der Waals surface area contributed by atoms with Gasteiger partial charge in [-0.05, 0) is 52.1 Å². The van der Waals surface area contributed by atoms with Crippen LogP contribution in [0.4, 0.5) is 5.82 Å². The molecule has 1 aliphatic carbocycles. The topological polar surface area (TPSA) is 75.3 Å². The molecule has 3 rings (SSSR count). The average molecular weight is 320 g/mol. The third-order valence-corrected chi connectivity index (χ3v) is 5.85. The van der Waals surface area contributed by atoms with E-state index in [9.17, 15) is 5.11 Å². The number of nitrogen functional groups attached to an aromatic ring is 1. The van der Waals surface area contributed by atoms with Gasteiger partial charge in [-0.2, -0.15) is 0 Å². The number of hydrogen-bond acceptors (Lipinski definition) is 6. The van der Waals surface area contributed by atoms with E-state index < -0.39 is 0 Å². The number of nitrogens with zero attached hydrogens (tertiary/aromatic N) is 3. The van der Waals surface area contributed by atoms with Gasteiger partial charge in [-0.1, -0.05) is 0 Å². The highest BCUT2D eigenvalue weighted by atomic mass is 32.1. The Kier molecular flexibility index (Phi) is 4.09. The van der Waals surface area contributed by atoms with Crippen molar-refractivity contribution in [2.24, 2.45) is 5.92 Å². The van der Waals surface area contributed by atoms with Crippen LogP contribution < -0.4 is 5.73 Å². The summed E-state index contributed by atoms with van der Waals surface area (Å²) >= 11 is 1.67. The number of likely N-dealkylation sites (N-methyl/N-ethyl adjacent to an activating group) is 1. The molecule has 2 heterocycles. The van der Waals surface area contributed by atoms with Gasteiger partial charge in [0, 0.05) is 11.4 Å². The summed E-state index contributed by atoms with van der Waals surface area (Å²) in [5, 5.41) is 11.1. The van der Waals surface area contributed by atoms with Crippen molar-refractivity contribution in [1.82, 2.24) is 14.9 Å². The van der Waals surface area contributed by atoms with E-state index in [1.807, 2.05) is 7.05 Å². The van der Waals surface area contributed by atoms with Crippen LogP contribution in [0, 0.1) is 19.8 Å². The van der Waals surface area contributed by atoms with Gasteiger partial charge in [0.25, 0.3) is 0 Å². The highest BCUT2D eigenvalue weighted by Gasteiger charge is 2.31. The summed E-state index contributed by atoms with van der Waals surface area (Å²) in [7, 11) is 2.00. The van der Waals surface area contributed by atoms with E-state index in [4.69, 9.17) is 10.7 Å². The van der Waals surface area contributed by atoms with Crippen molar-refractivity contribution in [3.63, 3.8) is 0 Å². The van der Waals surface area contributed by atoms with Gasteiger partial charge in [0.1, 0.15) is 16.5 Å². The number of aliphatic hydroxyl groups excluding tert-OH is 1. The highest BCUT2D eigenvalue weighted by Crippen LogP contribution is 2.35. The zero-order valence-corrected chi connectivity index (χ0v) is 14.4. The molecule has 3 N–H and O–H groups in total. The van der Waals surface area contributed by atoms with E-state index in [-0.39, 0.29) is 12.1 Å². The standard InChI is InChI=1S/C16H24N4OS/c1-8-10(3)22-16-13(8)14(17)18-15(19-16)9(2)20(4)7-12(21)11-5-6-11/h9,11-12,21H,5-7H2,1-4H3,(H2,17,18,19). The molecule has 2 aromatic heterocycles. The monoisotopic (exact) mass is 320 g/mol. The van der Waals surface area contributed by atoms with Crippen LogP contribution >= 0.6 is 11.3 Å². The van der Waals surface area contributed by atoms with Gasteiger partial charge in [0.15, 0.2) is 0 Å². The van der Waals surface area contributed by atoms with Crippen molar-refractivity contribution in [3.05, 3.63) is 16.3 Å². The third kappa shape index (κ3) is 2.83. The Balaban J connectivity index is 1.85. The Bertz CT molecular complexity index is 695. The number of nitrogens with two attached hydrogens (primary N) is 1. The van der Waals surface area contributed by atoms with Crippen LogP contribution in [-0.2, 0) is 0 Å². The summed E-state index contributed by atoms with van der Waals surface area (Å²) in [5.41, 5.74) is 7.33. The number of rotatable bonds is 5. The predicted molar refractivity (Wildman–Crippen MR) is 91.1 cm³/mol. The Morgan fingerprint density at radius 3 is 2.68 bits per heavy atom. The Hall–Kier alpha value is -1.24. The van der Waals surface area contributed by atoms with Crippen LogP contribution in [-0.4, -0.2) is 39.7 Å². The molecule has 1 aliphatic rings. The fraction of sp³-hybridized carbons (Fsp3) is 0.625. The maximum atomic E-state index is 10.1. The number of fused-ring (bicyclic) bond motifs is 1. The lowest BCUT2D eigenvalue weighted by atomic mass is 10.2. The molecule has 0 spiro atoms. The summed E-state index contributed by atoms with van der Waals surface area (Å²) < 4.78 is 0. The zero-order valence-electron chi connectivity index (χ0n) is 13.6. The highest BCUT2D eigenvalue weighted by molar-refractivity contribution is 7.18. The van der Waals surface area contributed by atoms with Crippen LogP contribution in [0.3, 0.4) is 0 Å². The summed E-state index contributed by atoms with van der Waals surface area (Å²) in [6, 6.07) is 0.0304. The second-order valence-electron chi connectivity index (χ2n) is 6.45. The maximum absolute atomic E-state index is 10.1. The minimum atomic E-state index is -0.250. The largest absolute Gasteiger partial charge is 0.392 e. The lowest BCUT2D eigenvalue weighted by molar-refractivity contribution is 0.0895. The fourth-order valence-electron chi connectivity index (χ4n) is 2.76. The van der Waals surface area contributed by atoms with Gasteiger partial charge < -0.3 is 10.8 Å². The number of thiophene rings is 1. The molecule has 0 amide bonds. The maximum Gasteiger partial charge on any atom is 0.149 e. The number of anilines is 1. The molecule has 120 valence electrons. The van der Waals surface area contributed by atoms with Gasteiger partial charge in [0.05, 0.1) is 17.5 Å². The second-order valence-corrected chi connectivity index (χ2v) is 7.65. The normalized spacial score (nSPS) is 18.1. The molecule has 0 saturated heterocycles. The molecular formula is C16H24N4OS. The molecule has 0 radical (unpaired) electrons. The van der Waals surface area contributed by atoms with Crippen LogP contribution in [0.15, 0.2) is 0 Å². The summed E-state index contributed by atoms with van der Waals surface area (Å²) in [5.74, 6) is 1.77. The minimum Gasteiger partial charge on any atom is -0.392 e. The quantitative estimate of drug-likeness (QED) is 0.886. The van der Waals surface area contributed by atoms with Gasteiger partial charge in [-0.3, -0.25) is 4.90 Å². The van der Waals surface area contributed by atoms with Crippen molar-refractivity contribution in [2.45, 2.75) is 45.8 Å². The molecule has 2 atom stereocenters. The molecule has 0 bridgehead atoms. The van der Waals surface area contributed by atoms with E-state index in [2.05, 4.69) is 30.7 Å². The van der Waals surface area contributed by atoms with Crippen LogP contribution in [0.2, 0.25) is 0 Å². The Morgan fingerprint density at radius 2 is 2.05 bits per heavy atom. The molecule has 2 aromatic rings.